The maximum atomic E-state index is 12.6. The Morgan fingerprint density at radius 2 is 2.19 bits per heavy atom. The normalized spacial score (nSPS) is 17.3. The Hall–Kier alpha value is -2.67. The van der Waals surface area contributed by atoms with Gasteiger partial charge >= 0.3 is 0 Å². The van der Waals surface area contributed by atoms with Crippen LogP contribution < -0.4 is 15.0 Å². The van der Waals surface area contributed by atoms with Crippen LogP contribution in [-0.4, -0.2) is 42.1 Å². The number of para-hydroxylation sites is 1. The molecule has 26 heavy (non-hydrogen) atoms. The Bertz CT molecular complexity index is 894. The Kier molecular flexibility index (Phi) is 4.71. The Labute approximate surface area is 155 Å². The van der Waals surface area contributed by atoms with Gasteiger partial charge in [0.15, 0.2) is 5.13 Å². The summed E-state index contributed by atoms with van der Waals surface area (Å²) in [5.74, 6) is 0.204. The molecule has 2 aromatic heterocycles. The molecule has 1 aromatic carbocycles. The second-order valence-electron chi connectivity index (χ2n) is 6.28. The topological polar surface area (TPSA) is 67.3 Å². The average Bonchev–Trinajstić information content (AvgIpc) is 3.12. The lowest BCUT2D eigenvalue weighted by molar-refractivity contribution is 0.0929. The monoisotopic (exact) mass is 368 g/mol. The van der Waals surface area contributed by atoms with Gasteiger partial charge in [0, 0.05) is 25.3 Å². The number of piperidine rings is 1. The van der Waals surface area contributed by atoms with Gasteiger partial charge in [0.05, 0.1) is 17.3 Å². The van der Waals surface area contributed by atoms with Gasteiger partial charge in [-0.1, -0.05) is 23.5 Å². The number of pyridine rings is 1. The molecular weight excluding hydrogens is 348 g/mol. The van der Waals surface area contributed by atoms with Gasteiger partial charge in [0.1, 0.15) is 5.56 Å². The predicted octanol–water partition coefficient (Wildman–Crippen LogP) is 3.10. The molecule has 0 radical (unpaired) electrons. The number of benzene rings is 1. The molecule has 7 heteroatoms. The van der Waals surface area contributed by atoms with Gasteiger partial charge in [0.25, 0.3) is 5.91 Å². The number of amides is 1. The van der Waals surface area contributed by atoms with E-state index in [0.29, 0.717) is 11.4 Å². The van der Waals surface area contributed by atoms with E-state index in [0.717, 1.165) is 36.6 Å². The van der Waals surface area contributed by atoms with Crippen molar-refractivity contribution in [3.05, 3.63) is 48.2 Å². The number of ether oxygens (including phenoxy) is 1. The van der Waals surface area contributed by atoms with Crippen LogP contribution in [0.2, 0.25) is 0 Å². The number of hydrogen-bond donors (Lipinski definition) is 1. The third kappa shape index (κ3) is 3.35. The molecule has 1 fully saturated rings. The summed E-state index contributed by atoms with van der Waals surface area (Å²) in [5.41, 5.74) is 1.49. The fourth-order valence-electron chi connectivity index (χ4n) is 3.25. The van der Waals surface area contributed by atoms with Crippen molar-refractivity contribution >= 4 is 32.6 Å². The molecule has 1 saturated heterocycles. The smallest absolute Gasteiger partial charge is 0.257 e. The van der Waals surface area contributed by atoms with Crippen LogP contribution in [0, 0.1) is 0 Å². The van der Waals surface area contributed by atoms with Gasteiger partial charge in [-0.25, -0.2) is 9.97 Å². The van der Waals surface area contributed by atoms with Gasteiger partial charge < -0.3 is 15.0 Å². The molecule has 1 amide bonds. The molecule has 0 aliphatic carbocycles. The number of hydrogen-bond acceptors (Lipinski definition) is 6. The number of thiazole rings is 1. The van der Waals surface area contributed by atoms with Crippen molar-refractivity contribution in [2.24, 2.45) is 0 Å². The zero-order valence-corrected chi connectivity index (χ0v) is 15.3. The van der Waals surface area contributed by atoms with Gasteiger partial charge in [-0.3, -0.25) is 4.79 Å². The maximum absolute atomic E-state index is 12.6. The first-order valence-electron chi connectivity index (χ1n) is 8.65. The molecule has 1 N–H and O–H groups in total. The van der Waals surface area contributed by atoms with E-state index in [-0.39, 0.29) is 11.9 Å². The standard InChI is InChI=1S/C19H20N4O2S/c1-25-18-14(7-4-10-20-18)17(24)21-13-6-5-11-23(12-13)19-22-15-8-2-3-9-16(15)26-19/h2-4,7-10,13H,5-6,11-12H2,1H3,(H,21,24). The third-order valence-electron chi connectivity index (χ3n) is 4.52. The Morgan fingerprint density at radius 1 is 1.31 bits per heavy atom. The number of fused-ring (bicyclic) bond motifs is 1. The highest BCUT2D eigenvalue weighted by Crippen LogP contribution is 2.30. The van der Waals surface area contributed by atoms with E-state index in [1.54, 1.807) is 29.7 Å². The summed E-state index contributed by atoms with van der Waals surface area (Å²) in [5, 5.41) is 4.14. The number of carbonyl (C=O) groups is 1. The van der Waals surface area contributed by atoms with Crippen molar-refractivity contribution in [2.75, 3.05) is 25.1 Å². The molecular formula is C19H20N4O2S. The number of anilines is 1. The van der Waals surface area contributed by atoms with Crippen LogP contribution in [0.25, 0.3) is 10.2 Å². The minimum Gasteiger partial charge on any atom is -0.480 e. The lowest BCUT2D eigenvalue weighted by Gasteiger charge is -2.33. The molecule has 3 aromatic rings. The molecule has 0 saturated carbocycles. The lowest BCUT2D eigenvalue weighted by Crippen LogP contribution is -2.47. The van der Waals surface area contributed by atoms with Gasteiger partial charge in [-0.05, 0) is 37.1 Å². The number of aromatic nitrogens is 2. The molecule has 134 valence electrons. The first-order chi connectivity index (χ1) is 12.7. The van der Waals surface area contributed by atoms with Crippen molar-refractivity contribution < 1.29 is 9.53 Å². The quantitative estimate of drug-likeness (QED) is 0.766. The third-order valence-corrected chi connectivity index (χ3v) is 5.62. The van der Waals surface area contributed by atoms with Crippen molar-refractivity contribution in [3.63, 3.8) is 0 Å². The summed E-state index contributed by atoms with van der Waals surface area (Å²) < 4.78 is 6.38. The molecule has 6 nitrogen and oxygen atoms in total. The number of nitrogens with one attached hydrogen (secondary N) is 1. The Balaban J connectivity index is 1.47. The van der Waals surface area contributed by atoms with Crippen LogP contribution in [-0.2, 0) is 0 Å². The van der Waals surface area contributed by atoms with Crippen LogP contribution >= 0.6 is 11.3 Å². The second-order valence-corrected chi connectivity index (χ2v) is 7.29. The van der Waals surface area contributed by atoms with Gasteiger partial charge in [-0.2, -0.15) is 0 Å². The predicted molar refractivity (Wildman–Crippen MR) is 103 cm³/mol. The van der Waals surface area contributed by atoms with Crippen LogP contribution in [0.3, 0.4) is 0 Å². The molecule has 4 rings (SSSR count). The van der Waals surface area contributed by atoms with Gasteiger partial charge in [-0.15, -0.1) is 0 Å². The first-order valence-corrected chi connectivity index (χ1v) is 9.46. The maximum Gasteiger partial charge on any atom is 0.257 e. The summed E-state index contributed by atoms with van der Waals surface area (Å²) in [4.78, 5) is 23.7. The molecule has 0 bridgehead atoms. The van der Waals surface area contributed by atoms with E-state index in [1.165, 1.54) is 11.8 Å². The number of methoxy groups -OCH3 is 1. The van der Waals surface area contributed by atoms with E-state index in [1.807, 2.05) is 18.2 Å². The molecule has 0 spiro atoms. The summed E-state index contributed by atoms with van der Waals surface area (Å²) >= 11 is 1.70. The van der Waals surface area contributed by atoms with E-state index >= 15 is 0 Å². The van der Waals surface area contributed by atoms with Crippen LogP contribution in [0.15, 0.2) is 42.6 Å². The zero-order chi connectivity index (χ0) is 17.9. The SMILES string of the molecule is COc1ncccc1C(=O)NC1CCCN(c2nc3ccccc3s2)C1. The fraction of sp³-hybridized carbons (Fsp3) is 0.316. The van der Waals surface area contributed by atoms with Crippen molar-refractivity contribution in [1.82, 2.24) is 15.3 Å². The summed E-state index contributed by atoms with van der Waals surface area (Å²) in [7, 11) is 1.52. The highest BCUT2D eigenvalue weighted by atomic mass is 32.1. The van der Waals surface area contributed by atoms with Crippen molar-refractivity contribution in [3.8, 4) is 5.88 Å². The zero-order valence-electron chi connectivity index (χ0n) is 14.5. The van der Waals surface area contributed by atoms with Crippen LogP contribution in [0.4, 0.5) is 5.13 Å². The number of rotatable bonds is 4. The molecule has 1 aliphatic rings. The van der Waals surface area contributed by atoms with Crippen molar-refractivity contribution in [2.45, 2.75) is 18.9 Å². The fourth-order valence-corrected chi connectivity index (χ4v) is 4.25. The molecule has 1 aliphatic heterocycles. The minimum atomic E-state index is -0.147. The average molecular weight is 368 g/mol. The first kappa shape index (κ1) is 16.8. The number of carbonyl (C=O) groups excluding carboxylic acids is 1. The van der Waals surface area contributed by atoms with E-state index in [2.05, 4.69) is 21.3 Å². The van der Waals surface area contributed by atoms with Crippen LogP contribution in [0.5, 0.6) is 5.88 Å². The highest BCUT2D eigenvalue weighted by molar-refractivity contribution is 7.22. The lowest BCUT2D eigenvalue weighted by atomic mass is 10.1. The van der Waals surface area contributed by atoms with Crippen LogP contribution in [0.1, 0.15) is 23.2 Å². The Morgan fingerprint density at radius 3 is 3.04 bits per heavy atom. The van der Waals surface area contributed by atoms with E-state index in [4.69, 9.17) is 9.72 Å². The summed E-state index contributed by atoms with van der Waals surface area (Å²) in [6.45, 7) is 1.72. The summed E-state index contributed by atoms with van der Waals surface area (Å²) in [6.07, 6.45) is 3.59. The van der Waals surface area contributed by atoms with E-state index < -0.39 is 0 Å². The highest BCUT2D eigenvalue weighted by Gasteiger charge is 2.25. The molecule has 3 heterocycles. The molecule has 1 unspecified atom stereocenters. The van der Waals surface area contributed by atoms with E-state index in [9.17, 15) is 4.79 Å². The molecule has 1 atom stereocenters. The largest absolute Gasteiger partial charge is 0.480 e. The second kappa shape index (κ2) is 7.29. The minimum absolute atomic E-state index is 0.0770. The van der Waals surface area contributed by atoms with Crippen molar-refractivity contribution in [1.29, 1.82) is 0 Å². The number of nitrogens with zero attached hydrogens (tertiary/aromatic N) is 3. The van der Waals surface area contributed by atoms with Gasteiger partial charge in [0.2, 0.25) is 5.88 Å². The summed E-state index contributed by atoms with van der Waals surface area (Å²) in [6, 6.07) is 11.7.